The van der Waals surface area contributed by atoms with Crippen LogP contribution in [0, 0.1) is 5.92 Å². The average Bonchev–Trinajstić information content (AvgIpc) is 2.46. The highest BCUT2D eigenvalue weighted by Crippen LogP contribution is 2.20. The van der Waals surface area contributed by atoms with E-state index in [-0.39, 0.29) is 0 Å². The third-order valence-corrected chi connectivity index (χ3v) is 4.67. The lowest BCUT2D eigenvalue weighted by atomic mass is 9.97. The maximum atomic E-state index is 5.94. The summed E-state index contributed by atoms with van der Waals surface area (Å²) in [4.78, 5) is 2.44. The Kier molecular flexibility index (Phi) is 7.18. The largest absolute Gasteiger partial charge is 0.378 e. The molecule has 1 N–H and O–H groups in total. The second-order valence-electron chi connectivity index (χ2n) is 6.44. The van der Waals surface area contributed by atoms with E-state index in [1.54, 1.807) is 0 Å². The lowest BCUT2D eigenvalue weighted by molar-refractivity contribution is 0.0272. The van der Waals surface area contributed by atoms with Gasteiger partial charge in [-0.1, -0.05) is 19.3 Å². The molecule has 1 saturated carbocycles. The van der Waals surface area contributed by atoms with Gasteiger partial charge in [0.1, 0.15) is 0 Å². The molecule has 2 aliphatic rings. The molecule has 0 aromatic rings. The Morgan fingerprint density at radius 3 is 2.53 bits per heavy atom. The molecule has 3 nitrogen and oxygen atoms in total. The van der Waals surface area contributed by atoms with Gasteiger partial charge in [0.05, 0.1) is 6.10 Å². The Morgan fingerprint density at radius 2 is 1.79 bits per heavy atom. The van der Waals surface area contributed by atoms with Crippen molar-refractivity contribution < 1.29 is 4.74 Å². The predicted molar refractivity (Wildman–Crippen MR) is 80.5 cm³/mol. The van der Waals surface area contributed by atoms with Gasteiger partial charge in [0, 0.05) is 6.61 Å². The van der Waals surface area contributed by atoms with Crippen LogP contribution >= 0.6 is 0 Å². The second kappa shape index (κ2) is 8.93. The van der Waals surface area contributed by atoms with Gasteiger partial charge in [-0.15, -0.1) is 0 Å². The first-order chi connectivity index (χ1) is 9.34. The van der Waals surface area contributed by atoms with Crippen molar-refractivity contribution in [1.29, 1.82) is 0 Å². The first-order valence-corrected chi connectivity index (χ1v) is 8.35. The van der Waals surface area contributed by atoms with Crippen LogP contribution in [-0.4, -0.2) is 50.8 Å². The Bertz CT molecular complexity index is 221. The number of likely N-dealkylation sites (tertiary alicyclic amines) is 1. The van der Waals surface area contributed by atoms with Crippen LogP contribution in [0.4, 0.5) is 0 Å². The van der Waals surface area contributed by atoms with E-state index in [0.717, 1.165) is 19.1 Å². The number of rotatable bonds is 7. The lowest BCUT2D eigenvalue weighted by Gasteiger charge is -2.29. The monoisotopic (exact) mass is 268 g/mol. The SMILES string of the molecule is CN1CCC(CNCCCOC2CCCCC2)CC1. The zero-order chi connectivity index (χ0) is 13.3. The Hall–Kier alpha value is -0.120. The Labute approximate surface area is 119 Å². The summed E-state index contributed by atoms with van der Waals surface area (Å²) in [6.45, 7) is 5.83. The van der Waals surface area contributed by atoms with E-state index < -0.39 is 0 Å². The molecule has 112 valence electrons. The third kappa shape index (κ3) is 6.24. The molecule has 0 aromatic carbocycles. The van der Waals surface area contributed by atoms with Crippen molar-refractivity contribution in [3.63, 3.8) is 0 Å². The average molecular weight is 268 g/mol. The van der Waals surface area contributed by atoms with Crippen molar-refractivity contribution in [3.05, 3.63) is 0 Å². The van der Waals surface area contributed by atoms with Crippen LogP contribution in [0.15, 0.2) is 0 Å². The Morgan fingerprint density at radius 1 is 1.05 bits per heavy atom. The van der Waals surface area contributed by atoms with E-state index in [1.165, 1.54) is 71.0 Å². The topological polar surface area (TPSA) is 24.5 Å². The first-order valence-electron chi connectivity index (χ1n) is 8.35. The fraction of sp³-hybridized carbons (Fsp3) is 1.00. The highest BCUT2D eigenvalue weighted by Gasteiger charge is 2.16. The molecule has 0 aromatic heterocycles. The van der Waals surface area contributed by atoms with E-state index in [1.807, 2.05) is 0 Å². The molecule has 2 fully saturated rings. The maximum Gasteiger partial charge on any atom is 0.0575 e. The van der Waals surface area contributed by atoms with Gasteiger partial charge in [-0.05, 0) is 71.2 Å². The molecule has 0 spiro atoms. The minimum atomic E-state index is 0.572. The maximum absolute atomic E-state index is 5.94. The van der Waals surface area contributed by atoms with Gasteiger partial charge in [-0.2, -0.15) is 0 Å². The van der Waals surface area contributed by atoms with E-state index in [4.69, 9.17) is 4.74 Å². The van der Waals surface area contributed by atoms with Gasteiger partial charge < -0.3 is 15.0 Å². The molecular weight excluding hydrogens is 236 g/mol. The number of ether oxygens (including phenoxy) is 1. The predicted octanol–water partition coefficient (Wildman–Crippen LogP) is 2.66. The molecule has 3 heteroatoms. The standard InChI is InChI=1S/C16H32N2O/c1-18-11-8-15(9-12-18)14-17-10-5-13-19-16-6-3-2-4-7-16/h15-17H,2-14H2,1H3. The van der Waals surface area contributed by atoms with Crippen molar-refractivity contribution in [3.8, 4) is 0 Å². The number of piperidine rings is 1. The summed E-state index contributed by atoms with van der Waals surface area (Å²) in [5.41, 5.74) is 0. The van der Waals surface area contributed by atoms with Crippen LogP contribution in [0.3, 0.4) is 0 Å². The van der Waals surface area contributed by atoms with Gasteiger partial charge in [0.2, 0.25) is 0 Å². The van der Waals surface area contributed by atoms with E-state index in [9.17, 15) is 0 Å². The molecule has 0 unspecified atom stereocenters. The minimum absolute atomic E-state index is 0.572. The van der Waals surface area contributed by atoms with Gasteiger partial charge >= 0.3 is 0 Å². The highest BCUT2D eigenvalue weighted by molar-refractivity contribution is 4.71. The van der Waals surface area contributed by atoms with Gasteiger partial charge in [-0.25, -0.2) is 0 Å². The summed E-state index contributed by atoms with van der Waals surface area (Å²) < 4.78 is 5.94. The summed E-state index contributed by atoms with van der Waals surface area (Å²) in [7, 11) is 2.23. The minimum Gasteiger partial charge on any atom is -0.378 e. The first kappa shape index (κ1) is 15.3. The summed E-state index contributed by atoms with van der Waals surface area (Å²) in [6, 6.07) is 0. The van der Waals surface area contributed by atoms with E-state index in [0.29, 0.717) is 6.10 Å². The number of hydrogen-bond donors (Lipinski definition) is 1. The van der Waals surface area contributed by atoms with Crippen LogP contribution in [-0.2, 0) is 4.74 Å². The van der Waals surface area contributed by atoms with Crippen LogP contribution in [0.25, 0.3) is 0 Å². The molecule has 1 heterocycles. The molecule has 19 heavy (non-hydrogen) atoms. The van der Waals surface area contributed by atoms with Crippen LogP contribution < -0.4 is 5.32 Å². The van der Waals surface area contributed by atoms with E-state index >= 15 is 0 Å². The summed E-state index contributed by atoms with van der Waals surface area (Å²) in [5, 5.41) is 3.61. The fourth-order valence-electron chi connectivity index (χ4n) is 3.25. The molecule has 1 aliphatic heterocycles. The zero-order valence-corrected chi connectivity index (χ0v) is 12.7. The van der Waals surface area contributed by atoms with Crippen molar-refractivity contribution >= 4 is 0 Å². The summed E-state index contributed by atoms with van der Waals surface area (Å²) in [6.07, 6.45) is 11.2. The number of nitrogens with one attached hydrogen (secondary N) is 1. The molecule has 0 bridgehead atoms. The molecule has 1 saturated heterocycles. The number of hydrogen-bond acceptors (Lipinski definition) is 3. The lowest BCUT2D eigenvalue weighted by Crippen LogP contribution is -2.35. The summed E-state index contributed by atoms with van der Waals surface area (Å²) in [5.74, 6) is 0.899. The van der Waals surface area contributed by atoms with Gasteiger partial charge in [-0.3, -0.25) is 0 Å². The van der Waals surface area contributed by atoms with Crippen LogP contribution in [0.2, 0.25) is 0 Å². The van der Waals surface area contributed by atoms with Crippen molar-refractivity contribution in [2.24, 2.45) is 5.92 Å². The van der Waals surface area contributed by atoms with Gasteiger partial charge in [0.25, 0.3) is 0 Å². The smallest absolute Gasteiger partial charge is 0.0575 e. The molecular formula is C16H32N2O. The van der Waals surface area contributed by atoms with Crippen molar-refractivity contribution in [1.82, 2.24) is 10.2 Å². The van der Waals surface area contributed by atoms with Gasteiger partial charge in [0.15, 0.2) is 0 Å². The second-order valence-corrected chi connectivity index (χ2v) is 6.44. The van der Waals surface area contributed by atoms with Crippen molar-refractivity contribution in [2.75, 3.05) is 39.8 Å². The zero-order valence-electron chi connectivity index (χ0n) is 12.7. The third-order valence-electron chi connectivity index (χ3n) is 4.67. The Balaban J connectivity index is 1.39. The highest BCUT2D eigenvalue weighted by atomic mass is 16.5. The number of nitrogens with zero attached hydrogens (tertiary/aromatic N) is 1. The van der Waals surface area contributed by atoms with Crippen LogP contribution in [0.1, 0.15) is 51.4 Å². The summed E-state index contributed by atoms with van der Waals surface area (Å²) >= 11 is 0. The van der Waals surface area contributed by atoms with Crippen molar-refractivity contribution in [2.45, 2.75) is 57.5 Å². The quantitative estimate of drug-likeness (QED) is 0.718. The fourth-order valence-corrected chi connectivity index (χ4v) is 3.25. The van der Waals surface area contributed by atoms with E-state index in [2.05, 4.69) is 17.3 Å². The molecule has 0 amide bonds. The normalized spacial score (nSPS) is 23.8. The molecule has 0 radical (unpaired) electrons. The molecule has 2 rings (SSSR count). The molecule has 0 atom stereocenters. The molecule has 1 aliphatic carbocycles. The van der Waals surface area contributed by atoms with Crippen LogP contribution in [0.5, 0.6) is 0 Å².